The van der Waals surface area contributed by atoms with Gasteiger partial charge in [0.2, 0.25) is 11.8 Å². The third-order valence-electron chi connectivity index (χ3n) is 7.84. The third kappa shape index (κ3) is 5.48. The standard InChI is InChI=1S/C30H30F3N3O3/c1-19-17-22(18-34-26(19)39-2)27(37)36-15-11-21(12-16-36)20-3-9-25(10-4-20)35-28(38)29(13-14-29)23-5-7-24(8-6-23)30(31,32)33/h3-10,17-18,21H,11-16H2,1-2H3,(H,35,38). The number of ether oxygens (including phenoxy) is 1. The van der Waals surface area contributed by atoms with E-state index in [9.17, 15) is 22.8 Å². The second-order valence-electron chi connectivity index (χ2n) is 10.3. The molecule has 2 aromatic carbocycles. The molecule has 5 rings (SSSR count). The van der Waals surface area contributed by atoms with Gasteiger partial charge in [0, 0.05) is 30.5 Å². The number of pyridine rings is 1. The number of nitrogens with zero attached hydrogens (tertiary/aromatic N) is 2. The van der Waals surface area contributed by atoms with Crippen molar-refractivity contribution in [3.05, 3.63) is 88.6 Å². The Morgan fingerprint density at radius 1 is 1.03 bits per heavy atom. The lowest BCUT2D eigenvalue weighted by molar-refractivity contribution is -0.137. The number of rotatable bonds is 6. The molecule has 2 heterocycles. The number of anilines is 1. The predicted molar refractivity (Wildman–Crippen MR) is 141 cm³/mol. The first kappa shape index (κ1) is 26.7. The van der Waals surface area contributed by atoms with Gasteiger partial charge in [-0.15, -0.1) is 0 Å². The molecule has 1 aliphatic carbocycles. The number of halogens is 3. The second-order valence-corrected chi connectivity index (χ2v) is 10.3. The van der Waals surface area contributed by atoms with E-state index in [1.54, 1.807) is 19.4 Å². The fraction of sp³-hybridized carbons (Fsp3) is 0.367. The van der Waals surface area contributed by atoms with Crippen LogP contribution in [0.1, 0.15) is 64.2 Å². The first-order chi connectivity index (χ1) is 18.6. The average Bonchev–Trinajstić information content (AvgIpc) is 3.75. The Bertz CT molecular complexity index is 1360. The zero-order valence-electron chi connectivity index (χ0n) is 21.8. The maximum atomic E-state index is 13.1. The van der Waals surface area contributed by atoms with Gasteiger partial charge in [-0.2, -0.15) is 13.2 Å². The summed E-state index contributed by atoms with van der Waals surface area (Å²) in [4.78, 5) is 32.1. The van der Waals surface area contributed by atoms with Crippen molar-refractivity contribution in [1.29, 1.82) is 0 Å². The van der Waals surface area contributed by atoms with Crippen LogP contribution in [0.15, 0.2) is 60.8 Å². The average molecular weight is 538 g/mol. The number of carbonyl (C=O) groups is 2. The number of amides is 2. The van der Waals surface area contributed by atoms with E-state index in [-0.39, 0.29) is 11.8 Å². The highest BCUT2D eigenvalue weighted by Gasteiger charge is 2.51. The zero-order valence-corrected chi connectivity index (χ0v) is 21.8. The smallest absolute Gasteiger partial charge is 0.416 e. The molecule has 1 N–H and O–H groups in total. The quantitative estimate of drug-likeness (QED) is 0.412. The van der Waals surface area contributed by atoms with Crippen molar-refractivity contribution in [3.8, 4) is 5.88 Å². The largest absolute Gasteiger partial charge is 0.481 e. The molecule has 1 aliphatic heterocycles. The summed E-state index contributed by atoms with van der Waals surface area (Å²) in [6.45, 7) is 3.14. The van der Waals surface area contributed by atoms with Gasteiger partial charge in [0.05, 0.1) is 23.7 Å². The zero-order chi connectivity index (χ0) is 27.8. The van der Waals surface area contributed by atoms with Gasteiger partial charge in [0.1, 0.15) is 0 Å². The van der Waals surface area contributed by atoms with Crippen molar-refractivity contribution in [3.63, 3.8) is 0 Å². The highest BCUT2D eigenvalue weighted by atomic mass is 19.4. The summed E-state index contributed by atoms with van der Waals surface area (Å²) < 4.78 is 43.9. The van der Waals surface area contributed by atoms with E-state index < -0.39 is 17.2 Å². The first-order valence-corrected chi connectivity index (χ1v) is 13.0. The van der Waals surface area contributed by atoms with Crippen molar-refractivity contribution in [2.75, 3.05) is 25.5 Å². The number of hydrogen-bond acceptors (Lipinski definition) is 4. The molecule has 0 radical (unpaired) electrons. The summed E-state index contributed by atoms with van der Waals surface area (Å²) in [5.41, 5.74) is 2.27. The van der Waals surface area contributed by atoms with Crippen LogP contribution in [-0.4, -0.2) is 41.9 Å². The van der Waals surface area contributed by atoms with E-state index in [1.807, 2.05) is 36.1 Å². The third-order valence-corrected chi connectivity index (χ3v) is 7.84. The van der Waals surface area contributed by atoms with E-state index in [4.69, 9.17) is 4.74 Å². The van der Waals surface area contributed by atoms with Crippen LogP contribution in [0.4, 0.5) is 18.9 Å². The number of hydrogen-bond donors (Lipinski definition) is 1. The lowest BCUT2D eigenvalue weighted by atomic mass is 9.89. The topological polar surface area (TPSA) is 71.5 Å². The fourth-order valence-electron chi connectivity index (χ4n) is 5.33. The van der Waals surface area contributed by atoms with Crippen LogP contribution < -0.4 is 10.1 Å². The molecule has 1 saturated carbocycles. The van der Waals surface area contributed by atoms with E-state index >= 15 is 0 Å². The molecule has 39 heavy (non-hydrogen) atoms. The Labute approximate surface area is 225 Å². The predicted octanol–water partition coefficient (Wildman–Crippen LogP) is 6.11. The number of nitrogens with one attached hydrogen (secondary N) is 1. The van der Waals surface area contributed by atoms with Crippen LogP contribution in [0.2, 0.25) is 0 Å². The molecule has 6 nitrogen and oxygen atoms in total. The minimum absolute atomic E-state index is 0.0354. The second kappa shape index (κ2) is 10.4. The molecule has 1 aromatic heterocycles. The summed E-state index contributed by atoms with van der Waals surface area (Å²) in [5.74, 6) is 0.574. The molecule has 2 aliphatic rings. The molecule has 2 amide bonds. The summed E-state index contributed by atoms with van der Waals surface area (Å²) in [7, 11) is 1.55. The van der Waals surface area contributed by atoms with Gasteiger partial charge >= 0.3 is 6.18 Å². The van der Waals surface area contributed by atoms with Crippen molar-refractivity contribution in [2.24, 2.45) is 0 Å². The molecule has 0 bridgehead atoms. The highest BCUT2D eigenvalue weighted by Crippen LogP contribution is 2.49. The minimum Gasteiger partial charge on any atom is -0.481 e. The number of benzene rings is 2. The maximum Gasteiger partial charge on any atom is 0.416 e. The fourth-order valence-corrected chi connectivity index (χ4v) is 5.33. The van der Waals surface area contributed by atoms with Gasteiger partial charge < -0.3 is 15.0 Å². The lowest BCUT2D eigenvalue weighted by Gasteiger charge is -2.32. The van der Waals surface area contributed by atoms with Crippen molar-refractivity contribution in [1.82, 2.24) is 9.88 Å². The Hall–Kier alpha value is -3.88. The SMILES string of the molecule is COc1ncc(C(=O)N2CCC(c3ccc(NC(=O)C4(c5ccc(C(F)(F)F)cc5)CC4)cc3)CC2)cc1C. The number of methoxy groups -OCH3 is 1. The van der Waals surface area contributed by atoms with E-state index in [0.29, 0.717) is 54.5 Å². The van der Waals surface area contributed by atoms with Gasteiger partial charge in [-0.3, -0.25) is 9.59 Å². The molecule has 1 saturated heterocycles. The van der Waals surface area contributed by atoms with Gasteiger partial charge in [0.25, 0.3) is 5.91 Å². The Kier molecular flexibility index (Phi) is 7.09. The molecule has 0 unspecified atom stereocenters. The van der Waals surface area contributed by atoms with Crippen LogP contribution in [0.3, 0.4) is 0 Å². The van der Waals surface area contributed by atoms with Crippen LogP contribution in [-0.2, 0) is 16.4 Å². The molecule has 9 heteroatoms. The van der Waals surface area contributed by atoms with Gasteiger partial charge in [-0.25, -0.2) is 4.98 Å². The summed E-state index contributed by atoms with van der Waals surface area (Å²) >= 11 is 0. The molecule has 3 aromatic rings. The molecule has 2 fully saturated rings. The number of alkyl halides is 3. The van der Waals surface area contributed by atoms with Crippen LogP contribution in [0.5, 0.6) is 5.88 Å². The summed E-state index contributed by atoms with van der Waals surface area (Å²) in [6, 6.07) is 14.4. The molecular weight excluding hydrogens is 507 g/mol. The van der Waals surface area contributed by atoms with Crippen molar-refractivity contribution in [2.45, 2.75) is 50.1 Å². The van der Waals surface area contributed by atoms with Crippen LogP contribution >= 0.6 is 0 Å². The Balaban J connectivity index is 1.17. The number of aryl methyl sites for hydroxylation is 1. The van der Waals surface area contributed by atoms with E-state index in [0.717, 1.165) is 36.1 Å². The molecule has 0 atom stereocenters. The van der Waals surface area contributed by atoms with Crippen LogP contribution in [0.25, 0.3) is 0 Å². The monoisotopic (exact) mass is 537 g/mol. The van der Waals surface area contributed by atoms with Gasteiger partial charge in [0.15, 0.2) is 0 Å². The van der Waals surface area contributed by atoms with E-state index in [1.165, 1.54) is 12.1 Å². The normalized spacial score (nSPS) is 17.0. The van der Waals surface area contributed by atoms with E-state index in [2.05, 4.69) is 10.3 Å². The first-order valence-electron chi connectivity index (χ1n) is 13.0. The molecule has 0 spiro atoms. The maximum absolute atomic E-state index is 13.1. The highest BCUT2D eigenvalue weighted by molar-refractivity contribution is 6.01. The summed E-state index contributed by atoms with van der Waals surface area (Å²) in [5, 5.41) is 2.94. The number of likely N-dealkylation sites (tertiary alicyclic amines) is 1. The molecular formula is C30H30F3N3O3. The number of aromatic nitrogens is 1. The minimum atomic E-state index is -4.40. The number of carbonyl (C=O) groups excluding carboxylic acids is 2. The van der Waals surface area contributed by atoms with Crippen LogP contribution in [0, 0.1) is 6.92 Å². The lowest BCUT2D eigenvalue weighted by Crippen LogP contribution is -2.38. The van der Waals surface area contributed by atoms with Gasteiger partial charge in [-0.05, 0) is 80.0 Å². The number of piperidine rings is 1. The summed E-state index contributed by atoms with van der Waals surface area (Å²) in [6.07, 6.45) is 0.0146. The Morgan fingerprint density at radius 3 is 2.21 bits per heavy atom. The van der Waals surface area contributed by atoms with Gasteiger partial charge in [-0.1, -0.05) is 24.3 Å². The molecule has 204 valence electrons. The Morgan fingerprint density at radius 2 is 1.67 bits per heavy atom. The van der Waals surface area contributed by atoms with Crippen molar-refractivity contribution < 1.29 is 27.5 Å². The van der Waals surface area contributed by atoms with Crippen molar-refractivity contribution >= 4 is 17.5 Å².